The molecule has 3 saturated heterocycles. The zero-order valence-corrected chi connectivity index (χ0v) is 50.9. The van der Waals surface area contributed by atoms with E-state index in [9.17, 15) is 29.1 Å². The molecule has 3 fully saturated rings. The van der Waals surface area contributed by atoms with Crippen molar-refractivity contribution < 1.29 is 67.1 Å². The first-order chi connectivity index (χ1) is 38.1. The summed E-state index contributed by atoms with van der Waals surface area (Å²) in [4.78, 5) is 113. The van der Waals surface area contributed by atoms with Crippen LogP contribution < -0.4 is 9.80 Å². The van der Waals surface area contributed by atoms with E-state index >= 15 is 9.59 Å². The number of carbonyl (C=O) groups is 7. The first kappa shape index (κ1) is 66.0. The molecule has 0 saturated carbocycles. The Bertz CT molecular complexity index is 2400. The van der Waals surface area contributed by atoms with Gasteiger partial charge in [0.15, 0.2) is 24.1 Å². The number of rotatable bonds is 14. The zero-order chi connectivity index (χ0) is 60.0. The monoisotopic (exact) mass is 1130 g/mol. The number of carbonyl (C=O) groups excluding carboxylic acids is 7. The summed E-state index contributed by atoms with van der Waals surface area (Å²) in [5.41, 5.74) is 1.30. The molecule has 3 aliphatic rings. The van der Waals surface area contributed by atoms with Crippen molar-refractivity contribution in [3.63, 3.8) is 0 Å². The number of hydrogen-bond acceptors (Lipinski definition) is 16. The number of esters is 3. The molecule has 1 N–H and O–H groups in total. The van der Waals surface area contributed by atoms with Gasteiger partial charge >= 0.3 is 17.9 Å². The lowest BCUT2D eigenvalue weighted by molar-refractivity contribution is -0.192. The summed E-state index contributed by atoms with van der Waals surface area (Å²) in [6, 6.07) is 10.2. The van der Waals surface area contributed by atoms with Crippen LogP contribution in [0.3, 0.4) is 0 Å². The third-order valence-corrected chi connectivity index (χ3v) is 15.3. The van der Waals surface area contributed by atoms with Crippen LogP contribution in [-0.2, 0) is 74.8 Å². The minimum absolute atomic E-state index is 0.0859. The Kier molecular flexibility index (Phi) is 24.4. The molecule has 0 aromatic heterocycles. The molecule has 20 heteroatoms. The molecule has 0 aliphatic carbocycles. The van der Waals surface area contributed by atoms with Crippen LogP contribution >= 0.6 is 0 Å². The van der Waals surface area contributed by atoms with Crippen LogP contribution in [0.25, 0.3) is 0 Å². The molecule has 3 aliphatic heterocycles. The van der Waals surface area contributed by atoms with Crippen molar-refractivity contribution >= 4 is 52.9 Å². The van der Waals surface area contributed by atoms with E-state index in [0.29, 0.717) is 63.7 Å². The number of cyclic esters (lactones) is 3. The SMILES string of the molecule is CC(C)CC1C(=O)OC(C)(C)C(=O)N(C)[C@@H](CC(C)C)C(=O)O[C@H](Cc2ccc(N3CCOCC3)cc2)C(=O)N(C)[C@@H](CC(C)C)C(O)O[C@H](C)C(=O)N(C)[C@@H](CC(C)C)C(=O)O[C@H](Cc2ccc(N3CCOCC3)cc2)C(=O)N1C. The molecular weight excluding hydrogens is 1040 g/mol. The summed E-state index contributed by atoms with van der Waals surface area (Å²) in [5.74, 6) is -6.16. The smallest absolute Gasteiger partial charge is 0.329 e. The number of benzene rings is 2. The predicted molar refractivity (Wildman–Crippen MR) is 307 cm³/mol. The second-order valence-corrected chi connectivity index (χ2v) is 24.3. The van der Waals surface area contributed by atoms with Gasteiger partial charge in [0.05, 0.1) is 32.5 Å². The summed E-state index contributed by atoms with van der Waals surface area (Å²) in [5, 5.41) is 12.0. The Hall–Kier alpha value is -5.83. The van der Waals surface area contributed by atoms with Gasteiger partial charge in [-0.15, -0.1) is 0 Å². The minimum Gasteiger partial charge on any atom is -0.450 e. The van der Waals surface area contributed by atoms with Crippen molar-refractivity contribution in [1.82, 2.24) is 19.6 Å². The van der Waals surface area contributed by atoms with E-state index in [-0.39, 0.29) is 62.2 Å². The number of aliphatic hydroxyl groups excluding tert-OH is 1. The lowest BCUT2D eigenvalue weighted by atomic mass is 9.98. The highest BCUT2D eigenvalue weighted by atomic mass is 16.6. The molecule has 3 heterocycles. The fourth-order valence-electron chi connectivity index (χ4n) is 10.6. The van der Waals surface area contributed by atoms with Crippen LogP contribution in [-0.4, -0.2) is 201 Å². The van der Waals surface area contributed by atoms with Crippen molar-refractivity contribution in [3.8, 4) is 0 Å². The lowest BCUT2D eigenvalue weighted by Crippen LogP contribution is -2.57. The van der Waals surface area contributed by atoms with Gasteiger partial charge in [-0.25, -0.2) is 14.4 Å². The molecule has 0 spiro atoms. The highest BCUT2D eigenvalue weighted by Crippen LogP contribution is 2.28. The quantitative estimate of drug-likeness (QED) is 0.182. The number of nitrogens with zero attached hydrogens (tertiary/aromatic N) is 6. The van der Waals surface area contributed by atoms with Crippen LogP contribution in [0.15, 0.2) is 48.5 Å². The van der Waals surface area contributed by atoms with E-state index < -0.39 is 95.9 Å². The van der Waals surface area contributed by atoms with E-state index in [1.807, 2.05) is 104 Å². The Balaban J connectivity index is 1.61. The van der Waals surface area contributed by atoms with Crippen LogP contribution in [0.1, 0.15) is 113 Å². The van der Waals surface area contributed by atoms with Crippen molar-refractivity contribution in [3.05, 3.63) is 59.7 Å². The normalized spacial score (nSPS) is 26.1. The van der Waals surface area contributed by atoms with E-state index in [4.69, 9.17) is 28.4 Å². The fourth-order valence-corrected chi connectivity index (χ4v) is 10.6. The van der Waals surface area contributed by atoms with Gasteiger partial charge < -0.3 is 62.9 Å². The molecule has 452 valence electrons. The number of likely N-dealkylation sites (N-methyl/N-ethyl adjacent to an activating group) is 4. The number of amides is 4. The van der Waals surface area contributed by atoms with Gasteiger partial charge in [-0.3, -0.25) is 19.2 Å². The van der Waals surface area contributed by atoms with Crippen LogP contribution in [0.2, 0.25) is 0 Å². The molecule has 5 rings (SSSR count). The molecular formula is C61H94N6O14. The largest absolute Gasteiger partial charge is 0.450 e. The average Bonchev–Trinajstić information content (AvgIpc) is 3.44. The number of morpholine rings is 2. The highest BCUT2D eigenvalue weighted by molar-refractivity contribution is 5.94. The first-order valence-corrected chi connectivity index (χ1v) is 29.0. The Labute approximate surface area is 481 Å². The number of anilines is 2. The first-order valence-electron chi connectivity index (χ1n) is 29.0. The molecule has 8 atom stereocenters. The standard InChI is InChI=1S/C61H94N6O14/c1-38(2)32-47-56(71)78-42(9)53(68)62(12)48(33-39(3)4)57(72)79-52(37-44-18-22-46(23-19-44)67-26-30-77-31-27-67)55(70)64(14)50(35-41(7)8)59(74)81-61(10,11)60(75)65(15)49(34-40(5)6)58(73)80-51(54(69)63(47)13)36-43-16-20-45(21-17-43)66-24-28-76-29-25-66/h16-23,38-42,47-52,56,71H,24-37H2,1-15H3/t42-,47+,48+,49+,50?,51-,52-,56?/m1/s1. The van der Waals surface area contributed by atoms with Gasteiger partial charge in [-0.1, -0.05) is 79.7 Å². The van der Waals surface area contributed by atoms with Gasteiger partial charge in [-0.05, 0) is 106 Å². The van der Waals surface area contributed by atoms with Crippen LogP contribution in [0.4, 0.5) is 11.4 Å². The molecule has 2 aromatic rings. The van der Waals surface area contributed by atoms with Gasteiger partial charge in [0.1, 0.15) is 24.2 Å². The lowest BCUT2D eigenvalue weighted by Gasteiger charge is -2.38. The minimum atomic E-state index is -1.92. The predicted octanol–water partition coefficient (Wildman–Crippen LogP) is 5.52. The maximum Gasteiger partial charge on any atom is 0.329 e. The van der Waals surface area contributed by atoms with Gasteiger partial charge in [0, 0.05) is 78.6 Å². The molecule has 2 aromatic carbocycles. The Morgan fingerprint density at radius 3 is 1.26 bits per heavy atom. The molecule has 0 bridgehead atoms. The molecule has 20 nitrogen and oxygen atoms in total. The second-order valence-electron chi connectivity index (χ2n) is 24.3. The second kappa shape index (κ2) is 29.9. The van der Waals surface area contributed by atoms with E-state index in [0.717, 1.165) is 11.4 Å². The molecule has 0 radical (unpaired) electrons. The summed E-state index contributed by atoms with van der Waals surface area (Å²) in [6.07, 6.45) is -5.82. The third-order valence-electron chi connectivity index (χ3n) is 15.3. The highest BCUT2D eigenvalue weighted by Gasteiger charge is 2.45. The zero-order valence-electron chi connectivity index (χ0n) is 50.9. The average molecular weight is 1140 g/mol. The molecule has 2 unspecified atom stereocenters. The van der Waals surface area contributed by atoms with Crippen molar-refractivity contribution in [2.24, 2.45) is 23.7 Å². The van der Waals surface area contributed by atoms with Gasteiger partial charge in [0.25, 0.3) is 23.6 Å². The number of hydrogen-bond donors (Lipinski definition) is 1. The van der Waals surface area contributed by atoms with Crippen molar-refractivity contribution in [1.29, 1.82) is 0 Å². The van der Waals surface area contributed by atoms with Crippen molar-refractivity contribution in [2.45, 2.75) is 169 Å². The fraction of sp³-hybridized carbons (Fsp3) is 0.689. The molecule has 81 heavy (non-hydrogen) atoms. The summed E-state index contributed by atoms with van der Waals surface area (Å²) in [6.45, 7) is 24.4. The summed E-state index contributed by atoms with van der Waals surface area (Å²) < 4.78 is 35.8. The van der Waals surface area contributed by atoms with Gasteiger partial charge in [-0.2, -0.15) is 0 Å². The Morgan fingerprint density at radius 1 is 0.506 bits per heavy atom. The number of ether oxygens (including phenoxy) is 6. The topological polar surface area (TPSA) is 215 Å². The van der Waals surface area contributed by atoms with Crippen LogP contribution in [0, 0.1) is 23.7 Å². The van der Waals surface area contributed by atoms with Gasteiger partial charge in [0.2, 0.25) is 0 Å². The third kappa shape index (κ3) is 18.3. The maximum atomic E-state index is 15.1. The summed E-state index contributed by atoms with van der Waals surface area (Å²) in [7, 11) is 5.73. The van der Waals surface area contributed by atoms with E-state index in [2.05, 4.69) is 9.80 Å². The molecule has 4 amide bonds. The number of aliphatic hydroxyl groups is 1. The maximum absolute atomic E-state index is 15.1. The summed E-state index contributed by atoms with van der Waals surface area (Å²) >= 11 is 0. The van der Waals surface area contributed by atoms with Crippen molar-refractivity contribution in [2.75, 3.05) is 90.6 Å². The Morgan fingerprint density at radius 2 is 0.864 bits per heavy atom. The van der Waals surface area contributed by atoms with E-state index in [1.165, 1.54) is 68.6 Å². The van der Waals surface area contributed by atoms with E-state index in [1.54, 1.807) is 0 Å². The van der Waals surface area contributed by atoms with Crippen LogP contribution in [0.5, 0.6) is 0 Å².